The zero-order valence-electron chi connectivity index (χ0n) is 7.46. The minimum Gasteiger partial charge on any atom is -0.254 e. The van der Waals surface area contributed by atoms with Gasteiger partial charge in [0, 0.05) is 0 Å². The van der Waals surface area contributed by atoms with E-state index in [1.54, 1.807) is 12.2 Å². The Morgan fingerprint density at radius 2 is 1.93 bits per heavy atom. The lowest BCUT2D eigenvalue weighted by Gasteiger charge is -1.94. The summed E-state index contributed by atoms with van der Waals surface area (Å²) in [6.45, 7) is -0.0479. The van der Waals surface area contributed by atoms with Gasteiger partial charge in [-0.3, -0.25) is 4.18 Å². The van der Waals surface area contributed by atoms with Crippen LogP contribution in [0.25, 0.3) is 6.08 Å². The van der Waals surface area contributed by atoms with Crippen LogP contribution in [-0.2, 0) is 14.5 Å². The van der Waals surface area contributed by atoms with Crippen LogP contribution in [0.4, 0.5) is 0 Å². The molecule has 0 radical (unpaired) electrons. The largest absolute Gasteiger partial charge is 0.333 e. The van der Waals surface area contributed by atoms with Crippen molar-refractivity contribution in [1.82, 2.24) is 0 Å². The van der Waals surface area contributed by atoms with Gasteiger partial charge in [0.2, 0.25) is 0 Å². The zero-order valence-corrected chi connectivity index (χ0v) is 8.28. The van der Waals surface area contributed by atoms with Gasteiger partial charge in [-0.15, -0.1) is 0 Å². The van der Waals surface area contributed by atoms with Gasteiger partial charge in [-0.05, 0) is 5.56 Å². The Bertz CT molecular complexity index is 397. The van der Waals surface area contributed by atoms with Gasteiger partial charge in [-0.1, -0.05) is 42.5 Å². The van der Waals surface area contributed by atoms with E-state index in [-0.39, 0.29) is 6.61 Å². The number of hydrogen-bond donors (Lipinski definition) is 1. The summed E-state index contributed by atoms with van der Waals surface area (Å²) in [5.74, 6) is 0. The molecule has 0 amide bonds. The van der Waals surface area contributed by atoms with Crippen molar-refractivity contribution in [2.75, 3.05) is 6.61 Å². The molecule has 0 aliphatic heterocycles. The van der Waals surface area contributed by atoms with Gasteiger partial charge >= 0.3 is 10.3 Å². The highest BCUT2D eigenvalue weighted by Gasteiger charge is 1.97. The summed E-state index contributed by atoms with van der Waals surface area (Å²) in [5, 5.41) is 4.63. The minimum absolute atomic E-state index is 0.0479. The zero-order chi connectivity index (χ0) is 10.4. The second-order valence-corrected chi connectivity index (χ2v) is 3.81. The van der Waals surface area contributed by atoms with Gasteiger partial charge in [-0.2, -0.15) is 8.42 Å². The Morgan fingerprint density at radius 3 is 2.50 bits per heavy atom. The summed E-state index contributed by atoms with van der Waals surface area (Å²) in [6, 6.07) is 9.47. The lowest BCUT2D eigenvalue weighted by molar-refractivity contribution is 0.358. The van der Waals surface area contributed by atoms with Crippen molar-refractivity contribution >= 4 is 16.4 Å². The van der Waals surface area contributed by atoms with E-state index >= 15 is 0 Å². The van der Waals surface area contributed by atoms with Crippen molar-refractivity contribution in [3.63, 3.8) is 0 Å². The van der Waals surface area contributed by atoms with Gasteiger partial charge in [0.15, 0.2) is 0 Å². The molecule has 14 heavy (non-hydrogen) atoms. The average molecular weight is 213 g/mol. The average Bonchev–Trinajstić information content (AvgIpc) is 2.13. The molecule has 76 valence electrons. The van der Waals surface area contributed by atoms with Crippen LogP contribution in [-0.4, -0.2) is 15.0 Å². The fourth-order valence-corrected chi connectivity index (χ4v) is 1.15. The molecule has 0 aliphatic rings. The van der Waals surface area contributed by atoms with Crippen molar-refractivity contribution < 1.29 is 12.6 Å². The Kier molecular flexibility index (Phi) is 3.82. The van der Waals surface area contributed by atoms with Crippen molar-refractivity contribution in [3.8, 4) is 0 Å². The smallest absolute Gasteiger partial charge is 0.254 e. The Labute approximate surface area is 83.3 Å². The van der Waals surface area contributed by atoms with E-state index in [1.807, 2.05) is 30.3 Å². The monoisotopic (exact) mass is 213 g/mol. The molecule has 0 saturated heterocycles. The van der Waals surface area contributed by atoms with E-state index in [2.05, 4.69) is 9.32 Å². The van der Waals surface area contributed by atoms with E-state index < -0.39 is 10.3 Å². The van der Waals surface area contributed by atoms with Crippen molar-refractivity contribution in [2.24, 2.45) is 5.14 Å². The minimum atomic E-state index is -3.83. The van der Waals surface area contributed by atoms with Crippen LogP contribution in [0.2, 0.25) is 0 Å². The molecule has 0 unspecified atom stereocenters. The molecule has 0 aromatic heterocycles. The van der Waals surface area contributed by atoms with Crippen LogP contribution in [0.5, 0.6) is 0 Å². The lowest BCUT2D eigenvalue weighted by atomic mass is 10.2. The molecule has 0 bridgehead atoms. The third-order valence-electron chi connectivity index (χ3n) is 1.44. The van der Waals surface area contributed by atoms with Crippen molar-refractivity contribution in [2.45, 2.75) is 0 Å². The van der Waals surface area contributed by atoms with Crippen molar-refractivity contribution in [1.29, 1.82) is 0 Å². The summed E-state index contributed by atoms with van der Waals surface area (Å²) in [7, 11) is -3.83. The first-order chi connectivity index (χ1) is 6.58. The van der Waals surface area contributed by atoms with Crippen LogP contribution >= 0.6 is 0 Å². The number of benzene rings is 1. The van der Waals surface area contributed by atoms with E-state index in [9.17, 15) is 8.42 Å². The van der Waals surface area contributed by atoms with Crippen LogP contribution in [0, 0.1) is 0 Å². The molecule has 1 rings (SSSR count). The standard InChI is InChI=1S/C9H11NO3S/c10-14(11,12)13-8-4-7-9-5-2-1-3-6-9/h1-7H,8H2,(H2,10,11,12)/b7-4+. The van der Waals surface area contributed by atoms with Gasteiger partial charge < -0.3 is 0 Å². The van der Waals surface area contributed by atoms with E-state index in [4.69, 9.17) is 0 Å². The molecular weight excluding hydrogens is 202 g/mol. The SMILES string of the molecule is NS(=O)(=O)OC/C=C/c1ccccc1. The highest BCUT2D eigenvalue weighted by Crippen LogP contribution is 2.00. The molecule has 4 nitrogen and oxygen atoms in total. The molecule has 1 aromatic carbocycles. The normalized spacial score (nSPS) is 12.1. The fraction of sp³-hybridized carbons (Fsp3) is 0.111. The predicted octanol–water partition coefficient (Wildman–Crippen LogP) is 0.920. The van der Waals surface area contributed by atoms with Gasteiger partial charge in [0.25, 0.3) is 0 Å². The molecule has 0 spiro atoms. The number of hydrogen-bond acceptors (Lipinski definition) is 3. The maximum absolute atomic E-state index is 10.4. The van der Waals surface area contributed by atoms with Crippen LogP contribution in [0.15, 0.2) is 36.4 Å². The first kappa shape index (κ1) is 10.9. The van der Waals surface area contributed by atoms with Crippen LogP contribution in [0.1, 0.15) is 5.56 Å². The molecule has 0 saturated carbocycles. The third-order valence-corrected chi connectivity index (χ3v) is 1.90. The Hall–Kier alpha value is -1.17. The molecule has 0 aliphatic carbocycles. The highest BCUT2D eigenvalue weighted by atomic mass is 32.2. The second-order valence-electron chi connectivity index (χ2n) is 2.59. The van der Waals surface area contributed by atoms with E-state index in [0.29, 0.717) is 0 Å². The highest BCUT2D eigenvalue weighted by molar-refractivity contribution is 7.84. The molecule has 1 aromatic rings. The summed E-state index contributed by atoms with van der Waals surface area (Å²) >= 11 is 0. The number of rotatable bonds is 4. The molecule has 2 N–H and O–H groups in total. The summed E-state index contributed by atoms with van der Waals surface area (Å²) < 4.78 is 25.0. The molecule has 0 heterocycles. The maximum atomic E-state index is 10.4. The summed E-state index contributed by atoms with van der Waals surface area (Å²) in [6.07, 6.45) is 3.34. The van der Waals surface area contributed by atoms with Crippen LogP contribution in [0.3, 0.4) is 0 Å². The maximum Gasteiger partial charge on any atom is 0.333 e. The quantitative estimate of drug-likeness (QED) is 0.808. The van der Waals surface area contributed by atoms with E-state index in [1.165, 1.54) is 0 Å². The molecule has 0 fully saturated rings. The third kappa shape index (κ3) is 4.76. The molecule has 0 atom stereocenters. The lowest BCUT2D eigenvalue weighted by Crippen LogP contribution is -2.15. The van der Waals surface area contributed by atoms with Gasteiger partial charge in [0.1, 0.15) is 0 Å². The second kappa shape index (κ2) is 4.90. The predicted molar refractivity (Wildman–Crippen MR) is 54.5 cm³/mol. The Balaban J connectivity index is 2.43. The topological polar surface area (TPSA) is 69.4 Å². The first-order valence-electron chi connectivity index (χ1n) is 3.97. The number of nitrogens with two attached hydrogens (primary N) is 1. The van der Waals surface area contributed by atoms with Gasteiger partial charge in [-0.25, -0.2) is 5.14 Å². The fourth-order valence-electron chi connectivity index (χ4n) is 0.882. The van der Waals surface area contributed by atoms with Gasteiger partial charge in [0.05, 0.1) is 6.61 Å². The molecule has 5 heteroatoms. The summed E-state index contributed by atoms with van der Waals surface area (Å²) in [5.41, 5.74) is 0.977. The Morgan fingerprint density at radius 1 is 1.29 bits per heavy atom. The molecular formula is C9H11NO3S. The van der Waals surface area contributed by atoms with Crippen LogP contribution < -0.4 is 5.14 Å². The first-order valence-corrected chi connectivity index (χ1v) is 5.44. The summed E-state index contributed by atoms with van der Waals surface area (Å²) in [4.78, 5) is 0. The van der Waals surface area contributed by atoms with Crippen molar-refractivity contribution in [3.05, 3.63) is 42.0 Å². The van der Waals surface area contributed by atoms with E-state index in [0.717, 1.165) is 5.56 Å².